The number of anilines is 2. The molecule has 1 saturated heterocycles. The molecule has 0 spiro atoms. The summed E-state index contributed by atoms with van der Waals surface area (Å²) in [6.07, 6.45) is 0.385. The second kappa shape index (κ2) is 10.8. The van der Waals surface area contributed by atoms with Gasteiger partial charge >= 0.3 is 0 Å². The number of methoxy groups -OCH3 is 1. The summed E-state index contributed by atoms with van der Waals surface area (Å²) in [6.45, 7) is 2.84. The highest BCUT2D eigenvalue weighted by Crippen LogP contribution is 2.24. The molecule has 0 radical (unpaired) electrons. The molecule has 1 heterocycles. The molecule has 0 unspecified atom stereocenters. The topological polar surface area (TPSA) is 61.9 Å². The standard InChI is InChI=1S/C26H25Cl2N3O3/c1-34-22-9-2-18(3-10-22)16-25(32)31-14-12-30(13-15-31)21-7-5-20(6-8-21)29-26(33)23-11-4-19(27)17-24(23)28/h2-11,17H,12-16H2,1H3,(H,29,33). The van der Waals surface area contributed by atoms with Crippen molar-refractivity contribution in [2.24, 2.45) is 0 Å². The minimum atomic E-state index is -0.293. The van der Waals surface area contributed by atoms with Crippen molar-refractivity contribution in [3.63, 3.8) is 0 Å². The molecule has 176 valence electrons. The highest BCUT2D eigenvalue weighted by Gasteiger charge is 2.21. The third-order valence-corrected chi connectivity index (χ3v) is 6.36. The number of hydrogen-bond donors (Lipinski definition) is 1. The zero-order chi connectivity index (χ0) is 24.1. The van der Waals surface area contributed by atoms with Crippen LogP contribution < -0.4 is 15.0 Å². The smallest absolute Gasteiger partial charge is 0.257 e. The van der Waals surface area contributed by atoms with Gasteiger partial charge in [0.05, 0.1) is 24.1 Å². The van der Waals surface area contributed by atoms with E-state index in [2.05, 4.69) is 10.2 Å². The fraction of sp³-hybridized carbons (Fsp3) is 0.231. The second-order valence-electron chi connectivity index (χ2n) is 8.02. The Hall–Kier alpha value is -3.22. The zero-order valence-electron chi connectivity index (χ0n) is 18.8. The predicted molar refractivity (Wildman–Crippen MR) is 136 cm³/mol. The average molecular weight is 498 g/mol. The number of amides is 2. The van der Waals surface area contributed by atoms with Crippen LogP contribution in [0.15, 0.2) is 66.7 Å². The maximum atomic E-state index is 12.7. The van der Waals surface area contributed by atoms with Crippen molar-refractivity contribution in [1.82, 2.24) is 4.90 Å². The van der Waals surface area contributed by atoms with Crippen LogP contribution in [0.5, 0.6) is 5.75 Å². The first-order valence-corrected chi connectivity index (χ1v) is 11.7. The molecule has 0 aromatic heterocycles. The highest BCUT2D eigenvalue weighted by molar-refractivity contribution is 6.37. The summed E-state index contributed by atoms with van der Waals surface area (Å²) in [4.78, 5) is 29.3. The molecule has 8 heteroatoms. The molecule has 1 fully saturated rings. The normalized spacial score (nSPS) is 13.5. The van der Waals surface area contributed by atoms with Gasteiger partial charge in [-0.2, -0.15) is 0 Å². The van der Waals surface area contributed by atoms with Crippen molar-refractivity contribution in [2.45, 2.75) is 6.42 Å². The lowest BCUT2D eigenvalue weighted by atomic mass is 10.1. The van der Waals surface area contributed by atoms with Gasteiger partial charge in [-0.25, -0.2) is 0 Å². The minimum absolute atomic E-state index is 0.128. The predicted octanol–water partition coefficient (Wildman–Crippen LogP) is 5.15. The van der Waals surface area contributed by atoms with Gasteiger partial charge in [-0.3, -0.25) is 9.59 Å². The minimum Gasteiger partial charge on any atom is -0.497 e. The molecular weight excluding hydrogens is 473 g/mol. The Kier molecular flexibility index (Phi) is 7.60. The van der Waals surface area contributed by atoms with E-state index in [4.69, 9.17) is 27.9 Å². The molecule has 0 atom stereocenters. The number of ether oxygens (including phenoxy) is 1. The summed E-state index contributed by atoms with van der Waals surface area (Å²) in [5.41, 5.74) is 3.06. The number of carbonyl (C=O) groups excluding carboxylic acids is 2. The molecule has 0 bridgehead atoms. The Bertz CT molecular complexity index is 1160. The van der Waals surface area contributed by atoms with Crippen molar-refractivity contribution >= 4 is 46.4 Å². The van der Waals surface area contributed by atoms with E-state index in [1.54, 1.807) is 25.3 Å². The van der Waals surface area contributed by atoms with Crippen LogP contribution in [-0.2, 0) is 11.2 Å². The second-order valence-corrected chi connectivity index (χ2v) is 8.86. The number of nitrogens with zero attached hydrogens (tertiary/aromatic N) is 2. The van der Waals surface area contributed by atoms with Crippen LogP contribution in [0.2, 0.25) is 10.0 Å². The largest absolute Gasteiger partial charge is 0.497 e. The van der Waals surface area contributed by atoms with Gasteiger partial charge in [0, 0.05) is 42.6 Å². The molecule has 1 N–H and O–H groups in total. The van der Waals surface area contributed by atoms with Gasteiger partial charge in [-0.15, -0.1) is 0 Å². The average Bonchev–Trinajstić information content (AvgIpc) is 2.85. The quantitative estimate of drug-likeness (QED) is 0.511. The summed E-state index contributed by atoms with van der Waals surface area (Å²) in [6, 6.07) is 20.0. The molecule has 3 aromatic carbocycles. The van der Waals surface area contributed by atoms with Crippen LogP contribution in [-0.4, -0.2) is 50.0 Å². The van der Waals surface area contributed by atoms with Crippen molar-refractivity contribution in [3.8, 4) is 5.75 Å². The van der Waals surface area contributed by atoms with Crippen LogP contribution in [0.25, 0.3) is 0 Å². The maximum Gasteiger partial charge on any atom is 0.257 e. The summed E-state index contributed by atoms with van der Waals surface area (Å²) < 4.78 is 5.17. The van der Waals surface area contributed by atoms with Gasteiger partial charge in [0.2, 0.25) is 5.91 Å². The van der Waals surface area contributed by atoms with E-state index in [1.807, 2.05) is 53.4 Å². The maximum absolute atomic E-state index is 12.7. The Balaban J connectivity index is 1.29. The highest BCUT2D eigenvalue weighted by atomic mass is 35.5. The fourth-order valence-electron chi connectivity index (χ4n) is 3.87. The number of benzene rings is 3. The van der Waals surface area contributed by atoms with E-state index in [-0.39, 0.29) is 11.8 Å². The Morgan fingerprint density at radius 1 is 0.912 bits per heavy atom. The number of hydrogen-bond acceptors (Lipinski definition) is 4. The number of halogens is 2. The molecule has 0 aliphatic carbocycles. The number of carbonyl (C=O) groups is 2. The molecule has 0 saturated carbocycles. The van der Waals surface area contributed by atoms with Gasteiger partial charge in [0.1, 0.15) is 5.75 Å². The molecule has 6 nitrogen and oxygen atoms in total. The first-order chi connectivity index (χ1) is 16.4. The van der Waals surface area contributed by atoms with Crippen LogP contribution in [0.4, 0.5) is 11.4 Å². The number of rotatable bonds is 6. The number of piperazine rings is 1. The molecular formula is C26H25Cl2N3O3. The van der Waals surface area contributed by atoms with Crippen molar-refractivity contribution in [3.05, 3.63) is 87.9 Å². The molecule has 4 rings (SSSR count). The molecule has 34 heavy (non-hydrogen) atoms. The van der Waals surface area contributed by atoms with E-state index < -0.39 is 0 Å². The van der Waals surface area contributed by atoms with Gasteiger partial charge < -0.3 is 19.9 Å². The monoisotopic (exact) mass is 497 g/mol. The Morgan fingerprint density at radius 2 is 1.59 bits per heavy atom. The fourth-order valence-corrected chi connectivity index (χ4v) is 4.37. The Morgan fingerprint density at radius 3 is 2.21 bits per heavy atom. The van der Waals surface area contributed by atoms with Gasteiger partial charge in [-0.05, 0) is 60.2 Å². The van der Waals surface area contributed by atoms with Crippen molar-refractivity contribution < 1.29 is 14.3 Å². The van der Waals surface area contributed by atoms with Crippen LogP contribution in [0, 0.1) is 0 Å². The lowest BCUT2D eigenvalue weighted by molar-refractivity contribution is -0.130. The van der Waals surface area contributed by atoms with Crippen molar-refractivity contribution in [1.29, 1.82) is 0 Å². The van der Waals surface area contributed by atoms with Crippen molar-refractivity contribution in [2.75, 3.05) is 43.5 Å². The van der Waals surface area contributed by atoms with Gasteiger partial charge in [-0.1, -0.05) is 35.3 Å². The molecule has 1 aliphatic heterocycles. The summed E-state index contributed by atoms with van der Waals surface area (Å²) in [7, 11) is 1.63. The van der Waals surface area contributed by atoms with Crippen LogP contribution in [0.3, 0.4) is 0 Å². The first kappa shape index (κ1) is 23.9. The van der Waals surface area contributed by atoms with Gasteiger partial charge in [0.15, 0.2) is 0 Å². The molecule has 1 aliphatic rings. The van der Waals surface area contributed by atoms with Crippen LogP contribution in [0.1, 0.15) is 15.9 Å². The van der Waals surface area contributed by atoms with E-state index in [1.165, 1.54) is 0 Å². The SMILES string of the molecule is COc1ccc(CC(=O)N2CCN(c3ccc(NC(=O)c4ccc(Cl)cc4Cl)cc3)CC2)cc1. The van der Waals surface area contributed by atoms with E-state index >= 15 is 0 Å². The lowest BCUT2D eigenvalue weighted by Gasteiger charge is -2.36. The third kappa shape index (κ3) is 5.82. The van der Waals surface area contributed by atoms with Crippen LogP contribution >= 0.6 is 23.2 Å². The first-order valence-electron chi connectivity index (χ1n) is 10.9. The lowest BCUT2D eigenvalue weighted by Crippen LogP contribution is -2.49. The number of nitrogens with one attached hydrogen (secondary N) is 1. The van der Waals surface area contributed by atoms with E-state index in [0.717, 1.165) is 30.1 Å². The zero-order valence-corrected chi connectivity index (χ0v) is 20.3. The Labute approximate surface area is 209 Å². The summed E-state index contributed by atoms with van der Waals surface area (Å²) in [5.74, 6) is 0.617. The van der Waals surface area contributed by atoms with Gasteiger partial charge in [0.25, 0.3) is 5.91 Å². The molecule has 3 aromatic rings. The summed E-state index contributed by atoms with van der Waals surface area (Å²) in [5, 5.41) is 3.64. The third-order valence-electron chi connectivity index (χ3n) is 5.81. The summed E-state index contributed by atoms with van der Waals surface area (Å²) >= 11 is 12.0. The van der Waals surface area contributed by atoms with E-state index in [0.29, 0.717) is 40.8 Å². The van der Waals surface area contributed by atoms with E-state index in [9.17, 15) is 9.59 Å². The molecule has 2 amide bonds.